The third-order valence-corrected chi connectivity index (χ3v) is 1.26. The van der Waals surface area contributed by atoms with Crippen molar-refractivity contribution in [3.05, 3.63) is 0 Å². The summed E-state index contributed by atoms with van der Waals surface area (Å²) in [6.45, 7) is 7.31. The molecular weight excluding hydrogens is 192 g/mol. The van der Waals surface area contributed by atoms with Gasteiger partial charge in [-0.3, -0.25) is 9.59 Å². The van der Waals surface area contributed by atoms with E-state index >= 15 is 0 Å². The Morgan fingerprint density at radius 1 is 0.800 bits per heavy atom. The molecule has 15 heavy (non-hydrogen) atoms. The molecule has 0 aromatic heterocycles. The number of nitrogens with zero attached hydrogens (tertiary/aromatic N) is 2. The first-order valence-corrected chi connectivity index (χ1v) is 5.06. The Morgan fingerprint density at radius 2 is 0.867 bits per heavy atom. The second-order valence-corrected chi connectivity index (χ2v) is 3.53. The van der Waals surface area contributed by atoms with Crippen molar-refractivity contribution in [3.8, 4) is 0 Å². The van der Waals surface area contributed by atoms with Gasteiger partial charge in [0.1, 0.15) is 0 Å². The molecule has 4 nitrogen and oxygen atoms in total. The highest BCUT2D eigenvalue weighted by molar-refractivity contribution is 5.72. The summed E-state index contributed by atoms with van der Waals surface area (Å²) in [5.74, 6) is 0.185. The maximum atomic E-state index is 10.1. The number of hydrogen-bond acceptors (Lipinski definition) is 2. The van der Waals surface area contributed by atoms with Gasteiger partial charge in [-0.15, -0.1) is 0 Å². The molecule has 0 aliphatic carbocycles. The summed E-state index contributed by atoms with van der Waals surface area (Å²) in [5, 5.41) is 0. The fraction of sp³-hybridized carbons (Fsp3) is 0.818. The van der Waals surface area contributed by atoms with Crippen LogP contribution in [0.4, 0.5) is 0 Å². The van der Waals surface area contributed by atoms with E-state index in [2.05, 4.69) is 13.8 Å². The standard InChI is InChI=1S/2C4H9NO.C3H8/c2*1-4(6)5(2)3;1-3-2/h2*1-3H3;3H2,1-2H3. The Bertz CT molecular complexity index is 148. The molecule has 92 valence electrons. The lowest BCUT2D eigenvalue weighted by Crippen LogP contribution is -2.17. The summed E-state index contributed by atoms with van der Waals surface area (Å²) >= 11 is 0. The van der Waals surface area contributed by atoms with Crippen LogP contribution in [0.3, 0.4) is 0 Å². The molecular formula is C11H26N2O2. The zero-order valence-electron chi connectivity index (χ0n) is 11.4. The quantitative estimate of drug-likeness (QED) is 0.619. The lowest BCUT2D eigenvalue weighted by molar-refractivity contribution is -0.127. The molecule has 4 heteroatoms. The smallest absolute Gasteiger partial charge is 0.218 e. The van der Waals surface area contributed by atoms with Crippen molar-refractivity contribution >= 4 is 11.8 Å². The number of rotatable bonds is 0. The van der Waals surface area contributed by atoms with Gasteiger partial charge in [0.15, 0.2) is 0 Å². The zero-order chi connectivity index (χ0) is 13.0. The van der Waals surface area contributed by atoms with Gasteiger partial charge in [-0.05, 0) is 0 Å². The summed E-state index contributed by atoms with van der Waals surface area (Å²) in [7, 11) is 6.90. The highest BCUT2D eigenvalue weighted by Gasteiger charge is 1.88. The Morgan fingerprint density at radius 3 is 0.867 bits per heavy atom. The average molecular weight is 218 g/mol. The summed E-state index contributed by atoms with van der Waals surface area (Å²) in [6.07, 6.45) is 1.25. The zero-order valence-corrected chi connectivity index (χ0v) is 11.4. The molecule has 0 N–H and O–H groups in total. The first-order chi connectivity index (χ1) is 6.70. The van der Waals surface area contributed by atoms with Crippen molar-refractivity contribution < 1.29 is 9.59 Å². The molecule has 0 aliphatic rings. The van der Waals surface area contributed by atoms with E-state index in [-0.39, 0.29) is 11.8 Å². The van der Waals surface area contributed by atoms with Crippen LogP contribution in [0.5, 0.6) is 0 Å². The van der Waals surface area contributed by atoms with Crippen LogP contribution in [0.1, 0.15) is 34.1 Å². The van der Waals surface area contributed by atoms with E-state index in [0.717, 1.165) is 0 Å². The molecule has 0 aliphatic heterocycles. The van der Waals surface area contributed by atoms with Gasteiger partial charge in [0.2, 0.25) is 11.8 Å². The first kappa shape index (κ1) is 19.5. The van der Waals surface area contributed by atoms with Crippen LogP contribution in [0.15, 0.2) is 0 Å². The third-order valence-electron chi connectivity index (χ3n) is 1.26. The Balaban J connectivity index is -0.000000153. The molecule has 0 heterocycles. The van der Waals surface area contributed by atoms with Gasteiger partial charge >= 0.3 is 0 Å². The SMILES string of the molecule is CC(=O)N(C)C.CC(=O)N(C)C.CCC. The molecule has 0 radical (unpaired) electrons. The molecule has 0 aromatic carbocycles. The maximum Gasteiger partial charge on any atom is 0.218 e. The van der Waals surface area contributed by atoms with Crippen LogP contribution >= 0.6 is 0 Å². The van der Waals surface area contributed by atoms with Crippen LogP contribution in [0.2, 0.25) is 0 Å². The topological polar surface area (TPSA) is 40.6 Å². The molecule has 0 saturated carbocycles. The first-order valence-electron chi connectivity index (χ1n) is 5.06. The molecule has 0 saturated heterocycles. The van der Waals surface area contributed by atoms with E-state index in [0.29, 0.717) is 0 Å². The lowest BCUT2D eigenvalue weighted by Gasteiger charge is -2.02. The summed E-state index contributed by atoms with van der Waals surface area (Å²) in [4.78, 5) is 23.2. The number of hydrogen-bond donors (Lipinski definition) is 0. The summed E-state index contributed by atoms with van der Waals surface area (Å²) < 4.78 is 0. The summed E-state index contributed by atoms with van der Waals surface area (Å²) in [6, 6.07) is 0. The molecule has 0 atom stereocenters. The van der Waals surface area contributed by atoms with Crippen molar-refractivity contribution in [1.82, 2.24) is 9.80 Å². The van der Waals surface area contributed by atoms with E-state index in [1.165, 1.54) is 30.1 Å². The van der Waals surface area contributed by atoms with Gasteiger partial charge in [0.05, 0.1) is 0 Å². The molecule has 0 spiro atoms. The van der Waals surface area contributed by atoms with E-state index in [1.807, 2.05) is 0 Å². The van der Waals surface area contributed by atoms with Crippen LogP contribution in [0, 0.1) is 0 Å². The van der Waals surface area contributed by atoms with E-state index in [4.69, 9.17) is 0 Å². The van der Waals surface area contributed by atoms with Gasteiger partial charge in [-0.25, -0.2) is 0 Å². The molecule has 0 unspecified atom stereocenters. The van der Waals surface area contributed by atoms with Crippen LogP contribution in [0.25, 0.3) is 0 Å². The van der Waals surface area contributed by atoms with Crippen LogP contribution in [-0.4, -0.2) is 49.8 Å². The fourth-order valence-electron chi connectivity index (χ4n) is 0. The minimum atomic E-state index is 0.0926. The molecule has 0 aromatic rings. The highest BCUT2D eigenvalue weighted by Crippen LogP contribution is 1.70. The second-order valence-electron chi connectivity index (χ2n) is 3.53. The van der Waals surface area contributed by atoms with Crippen molar-refractivity contribution in [1.29, 1.82) is 0 Å². The van der Waals surface area contributed by atoms with Gasteiger partial charge in [0, 0.05) is 42.0 Å². The van der Waals surface area contributed by atoms with Crippen molar-refractivity contribution in [2.24, 2.45) is 0 Å². The van der Waals surface area contributed by atoms with Gasteiger partial charge in [0.25, 0.3) is 0 Å². The van der Waals surface area contributed by atoms with Gasteiger partial charge in [-0.2, -0.15) is 0 Å². The third kappa shape index (κ3) is 32.2. The molecule has 0 bridgehead atoms. The number of amides is 2. The second kappa shape index (κ2) is 12.9. The predicted molar refractivity (Wildman–Crippen MR) is 64.7 cm³/mol. The van der Waals surface area contributed by atoms with Gasteiger partial charge in [-0.1, -0.05) is 20.3 Å². The number of carbonyl (C=O) groups is 2. The Kier molecular flexibility index (Phi) is 16.8. The van der Waals surface area contributed by atoms with Crippen molar-refractivity contribution in [2.75, 3.05) is 28.2 Å². The summed E-state index contributed by atoms with van der Waals surface area (Å²) in [5.41, 5.74) is 0. The minimum Gasteiger partial charge on any atom is -0.349 e. The maximum absolute atomic E-state index is 10.1. The van der Waals surface area contributed by atoms with E-state index in [1.54, 1.807) is 28.2 Å². The highest BCUT2D eigenvalue weighted by atomic mass is 16.2. The van der Waals surface area contributed by atoms with E-state index in [9.17, 15) is 9.59 Å². The van der Waals surface area contributed by atoms with E-state index < -0.39 is 0 Å². The average Bonchev–Trinajstić information content (AvgIpc) is 2.06. The molecule has 0 rings (SSSR count). The Labute approximate surface area is 94.2 Å². The fourth-order valence-corrected chi connectivity index (χ4v) is 0. The van der Waals surface area contributed by atoms with Gasteiger partial charge < -0.3 is 9.80 Å². The van der Waals surface area contributed by atoms with Crippen molar-refractivity contribution in [3.63, 3.8) is 0 Å². The van der Waals surface area contributed by atoms with Crippen LogP contribution in [-0.2, 0) is 9.59 Å². The predicted octanol–water partition coefficient (Wildman–Crippen LogP) is 1.61. The lowest BCUT2D eigenvalue weighted by atomic mass is 10.6. The molecule has 0 fully saturated rings. The van der Waals surface area contributed by atoms with Crippen LogP contribution < -0.4 is 0 Å². The Hall–Kier alpha value is -1.06. The van der Waals surface area contributed by atoms with Crippen molar-refractivity contribution in [2.45, 2.75) is 34.1 Å². The monoisotopic (exact) mass is 218 g/mol. The largest absolute Gasteiger partial charge is 0.349 e. The number of carbonyl (C=O) groups excluding carboxylic acids is 2. The molecule has 2 amide bonds. The normalized spacial score (nSPS) is 7.47. The minimum absolute atomic E-state index is 0.0926.